The lowest BCUT2D eigenvalue weighted by Gasteiger charge is -1.99. The van der Waals surface area contributed by atoms with Crippen molar-refractivity contribution in [2.24, 2.45) is 11.3 Å². The fraction of sp³-hybridized carbons (Fsp3) is 0.417. The van der Waals surface area contributed by atoms with Gasteiger partial charge in [-0.05, 0) is 36.9 Å². The van der Waals surface area contributed by atoms with E-state index in [2.05, 4.69) is 22.1 Å². The van der Waals surface area contributed by atoms with E-state index in [0.717, 1.165) is 24.7 Å². The van der Waals surface area contributed by atoms with Crippen molar-refractivity contribution in [3.63, 3.8) is 0 Å². The van der Waals surface area contributed by atoms with E-state index in [1.54, 1.807) is 6.20 Å². The van der Waals surface area contributed by atoms with Crippen LogP contribution in [-0.4, -0.2) is 18.1 Å². The monoisotopic (exact) mass is 184 g/mol. The van der Waals surface area contributed by atoms with Gasteiger partial charge in [0.25, 0.3) is 0 Å². The standard InChI is InChI=1S/C12H12N2/c1-2-6-14-11(3-1)4-5-12-7-10(12)8-13-9-12/h1-3,6,10,13H,7-9H2. The van der Waals surface area contributed by atoms with Gasteiger partial charge in [0.1, 0.15) is 5.69 Å². The molecule has 3 rings (SSSR count). The van der Waals surface area contributed by atoms with Crippen molar-refractivity contribution in [3.8, 4) is 11.8 Å². The number of nitrogens with one attached hydrogen (secondary N) is 1. The zero-order valence-electron chi connectivity index (χ0n) is 7.96. The molecule has 2 nitrogen and oxygen atoms in total. The van der Waals surface area contributed by atoms with Crippen LogP contribution in [0.1, 0.15) is 12.1 Å². The third kappa shape index (κ3) is 1.21. The highest BCUT2D eigenvalue weighted by molar-refractivity contribution is 5.35. The van der Waals surface area contributed by atoms with Crippen molar-refractivity contribution in [2.45, 2.75) is 6.42 Å². The predicted octanol–water partition coefficient (Wildman–Crippen LogP) is 1.04. The third-order valence-electron chi connectivity index (χ3n) is 3.17. The molecule has 2 aliphatic rings. The van der Waals surface area contributed by atoms with Crippen molar-refractivity contribution < 1.29 is 0 Å². The van der Waals surface area contributed by atoms with Crippen molar-refractivity contribution in [1.82, 2.24) is 10.3 Å². The zero-order chi connectivity index (χ0) is 9.43. The SMILES string of the molecule is C(#CC12CNCC1C2)c1ccccn1. The molecule has 70 valence electrons. The van der Waals surface area contributed by atoms with Crippen LogP contribution >= 0.6 is 0 Å². The van der Waals surface area contributed by atoms with Gasteiger partial charge >= 0.3 is 0 Å². The number of aromatic nitrogens is 1. The molecule has 1 saturated carbocycles. The van der Waals surface area contributed by atoms with Gasteiger partial charge in [0.2, 0.25) is 0 Å². The first-order valence-electron chi connectivity index (χ1n) is 5.04. The molecule has 0 radical (unpaired) electrons. The average Bonchev–Trinajstić information content (AvgIpc) is 2.80. The Labute approximate surface area is 83.7 Å². The van der Waals surface area contributed by atoms with Crippen LogP contribution in [0.4, 0.5) is 0 Å². The summed E-state index contributed by atoms with van der Waals surface area (Å²) in [6.07, 6.45) is 3.07. The number of rotatable bonds is 0. The number of nitrogens with zero attached hydrogens (tertiary/aromatic N) is 1. The molecule has 1 aliphatic heterocycles. The van der Waals surface area contributed by atoms with Gasteiger partial charge in [-0.2, -0.15) is 0 Å². The molecule has 2 heteroatoms. The van der Waals surface area contributed by atoms with Crippen LogP contribution in [0, 0.1) is 23.2 Å². The topological polar surface area (TPSA) is 24.9 Å². The Morgan fingerprint density at radius 2 is 2.50 bits per heavy atom. The molecule has 2 unspecified atom stereocenters. The van der Waals surface area contributed by atoms with Crippen LogP contribution in [-0.2, 0) is 0 Å². The highest BCUT2D eigenvalue weighted by Crippen LogP contribution is 2.54. The van der Waals surface area contributed by atoms with Crippen molar-refractivity contribution >= 4 is 0 Å². The minimum absolute atomic E-state index is 0.303. The Morgan fingerprint density at radius 3 is 3.14 bits per heavy atom. The first-order valence-corrected chi connectivity index (χ1v) is 5.04. The maximum atomic E-state index is 4.20. The first kappa shape index (κ1) is 8.02. The van der Waals surface area contributed by atoms with Gasteiger partial charge in [0, 0.05) is 18.2 Å². The largest absolute Gasteiger partial charge is 0.315 e. The lowest BCUT2D eigenvalue weighted by molar-refractivity contribution is 0.666. The van der Waals surface area contributed by atoms with E-state index in [1.165, 1.54) is 6.42 Å². The van der Waals surface area contributed by atoms with Crippen molar-refractivity contribution in [1.29, 1.82) is 0 Å². The summed E-state index contributed by atoms with van der Waals surface area (Å²) in [5.41, 5.74) is 1.19. The smallest absolute Gasteiger partial charge is 0.113 e. The highest BCUT2D eigenvalue weighted by Gasteiger charge is 2.56. The van der Waals surface area contributed by atoms with Gasteiger partial charge in [-0.25, -0.2) is 4.98 Å². The molecule has 0 amide bonds. The van der Waals surface area contributed by atoms with Gasteiger partial charge in [-0.1, -0.05) is 12.0 Å². The molecule has 1 aromatic rings. The molecule has 2 atom stereocenters. The summed E-state index contributed by atoms with van der Waals surface area (Å²) in [4.78, 5) is 4.20. The Kier molecular flexibility index (Phi) is 1.62. The van der Waals surface area contributed by atoms with Crippen molar-refractivity contribution in [2.75, 3.05) is 13.1 Å². The van der Waals surface area contributed by atoms with Crippen LogP contribution in [0.2, 0.25) is 0 Å². The summed E-state index contributed by atoms with van der Waals surface area (Å²) in [5.74, 6) is 7.35. The molecule has 1 aromatic heterocycles. The van der Waals surface area contributed by atoms with E-state index in [4.69, 9.17) is 0 Å². The fourth-order valence-corrected chi connectivity index (χ4v) is 2.16. The van der Waals surface area contributed by atoms with E-state index in [9.17, 15) is 0 Å². The molecule has 0 spiro atoms. The highest BCUT2D eigenvalue weighted by atomic mass is 15.0. The molecule has 1 aliphatic carbocycles. The van der Waals surface area contributed by atoms with E-state index in [-0.39, 0.29) is 0 Å². The van der Waals surface area contributed by atoms with E-state index >= 15 is 0 Å². The van der Waals surface area contributed by atoms with Gasteiger partial charge in [-0.3, -0.25) is 0 Å². The molecule has 1 N–H and O–H groups in total. The number of piperidine rings is 1. The summed E-state index contributed by atoms with van der Waals surface area (Å²) in [5, 5.41) is 3.38. The summed E-state index contributed by atoms with van der Waals surface area (Å²) < 4.78 is 0. The van der Waals surface area contributed by atoms with Gasteiger partial charge in [0.15, 0.2) is 0 Å². The Balaban J connectivity index is 1.82. The molecular formula is C12H12N2. The normalized spacial score (nSPS) is 33.0. The van der Waals surface area contributed by atoms with Gasteiger partial charge in [0.05, 0.1) is 0 Å². The van der Waals surface area contributed by atoms with Gasteiger partial charge < -0.3 is 5.32 Å². The van der Waals surface area contributed by atoms with Crippen LogP contribution in [0.15, 0.2) is 24.4 Å². The Hall–Kier alpha value is -1.33. The minimum Gasteiger partial charge on any atom is -0.315 e. The quantitative estimate of drug-likeness (QED) is 0.609. The number of pyridine rings is 1. The van der Waals surface area contributed by atoms with Crippen LogP contribution in [0.5, 0.6) is 0 Å². The molecule has 0 aromatic carbocycles. The zero-order valence-corrected chi connectivity index (χ0v) is 7.96. The van der Waals surface area contributed by atoms with E-state index in [1.807, 2.05) is 18.2 Å². The third-order valence-corrected chi connectivity index (χ3v) is 3.17. The molecule has 2 fully saturated rings. The van der Waals surface area contributed by atoms with E-state index < -0.39 is 0 Å². The van der Waals surface area contributed by atoms with Crippen LogP contribution < -0.4 is 5.32 Å². The summed E-state index contributed by atoms with van der Waals surface area (Å²) in [7, 11) is 0. The molecule has 2 heterocycles. The van der Waals surface area contributed by atoms with Crippen LogP contribution in [0.25, 0.3) is 0 Å². The minimum atomic E-state index is 0.303. The number of hydrogen-bond acceptors (Lipinski definition) is 2. The lowest BCUT2D eigenvalue weighted by atomic mass is 10.1. The second-order valence-corrected chi connectivity index (χ2v) is 4.15. The second-order valence-electron chi connectivity index (χ2n) is 4.15. The van der Waals surface area contributed by atoms with Gasteiger partial charge in [-0.15, -0.1) is 0 Å². The second kappa shape index (κ2) is 2.83. The number of fused-ring (bicyclic) bond motifs is 1. The van der Waals surface area contributed by atoms with E-state index in [0.29, 0.717) is 5.41 Å². The van der Waals surface area contributed by atoms with Crippen LogP contribution in [0.3, 0.4) is 0 Å². The Bertz CT molecular complexity index is 401. The maximum absolute atomic E-state index is 4.20. The molecular weight excluding hydrogens is 172 g/mol. The first-order chi connectivity index (χ1) is 6.89. The predicted molar refractivity (Wildman–Crippen MR) is 54.5 cm³/mol. The molecule has 14 heavy (non-hydrogen) atoms. The summed E-state index contributed by atoms with van der Waals surface area (Å²) >= 11 is 0. The summed E-state index contributed by atoms with van der Waals surface area (Å²) in [6, 6.07) is 5.86. The molecule has 1 saturated heterocycles. The lowest BCUT2D eigenvalue weighted by Crippen LogP contribution is -2.14. The summed E-state index contributed by atoms with van der Waals surface area (Å²) in [6.45, 7) is 2.22. The number of hydrogen-bond donors (Lipinski definition) is 1. The average molecular weight is 184 g/mol. The Morgan fingerprint density at radius 1 is 1.50 bits per heavy atom. The van der Waals surface area contributed by atoms with Crippen molar-refractivity contribution in [3.05, 3.63) is 30.1 Å². The maximum Gasteiger partial charge on any atom is 0.113 e. The fourth-order valence-electron chi connectivity index (χ4n) is 2.16. The molecule has 0 bridgehead atoms.